The molecule has 1 aromatic rings. The number of hydrogen-bond donors (Lipinski definition) is 3. The van der Waals surface area contributed by atoms with Gasteiger partial charge in [-0.25, -0.2) is 10.8 Å². The molecule has 0 amide bonds. The highest BCUT2D eigenvalue weighted by atomic mass is 15.2. The average Bonchev–Trinajstić information content (AvgIpc) is 2.91. The van der Waals surface area contributed by atoms with Crippen LogP contribution in [0.4, 0.5) is 11.5 Å². The van der Waals surface area contributed by atoms with Gasteiger partial charge >= 0.3 is 0 Å². The Bertz CT molecular complexity index is 379. The first-order valence-electron chi connectivity index (χ1n) is 6.04. The molecule has 4 heteroatoms. The quantitative estimate of drug-likeness (QED) is 0.536. The molecule has 1 heterocycles. The summed E-state index contributed by atoms with van der Waals surface area (Å²) in [6, 6.07) is 4.63. The van der Waals surface area contributed by atoms with Crippen molar-refractivity contribution in [1.82, 2.24) is 4.98 Å². The molecule has 16 heavy (non-hydrogen) atoms. The van der Waals surface area contributed by atoms with Crippen LogP contribution >= 0.6 is 0 Å². The van der Waals surface area contributed by atoms with E-state index in [9.17, 15) is 0 Å². The topological polar surface area (TPSA) is 63.0 Å². The van der Waals surface area contributed by atoms with E-state index in [1.807, 2.05) is 12.1 Å². The Kier molecular flexibility index (Phi) is 2.44. The molecule has 2 bridgehead atoms. The third kappa shape index (κ3) is 1.73. The molecule has 2 fully saturated rings. The molecule has 86 valence electrons. The molecule has 1 aromatic heterocycles. The van der Waals surface area contributed by atoms with Gasteiger partial charge in [-0.3, -0.25) is 0 Å². The first-order valence-corrected chi connectivity index (χ1v) is 6.04. The molecule has 0 radical (unpaired) electrons. The van der Waals surface area contributed by atoms with Crippen LogP contribution in [-0.2, 0) is 0 Å². The van der Waals surface area contributed by atoms with Crippen LogP contribution in [0.2, 0.25) is 0 Å². The van der Waals surface area contributed by atoms with Crippen molar-refractivity contribution in [2.24, 2.45) is 17.7 Å². The minimum atomic E-state index is 0.659. The first kappa shape index (κ1) is 9.90. The lowest BCUT2D eigenvalue weighted by atomic mass is 9.95. The Morgan fingerprint density at radius 1 is 1.31 bits per heavy atom. The first-order chi connectivity index (χ1) is 7.85. The molecule has 2 saturated carbocycles. The SMILES string of the molecule is NNc1cc(NC2CC3CCC2C3)ccn1. The zero-order valence-corrected chi connectivity index (χ0v) is 9.32. The Morgan fingerprint density at radius 2 is 2.25 bits per heavy atom. The number of nitrogens with one attached hydrogen (secondary N) is 2. The summed E-state index contributed by atoms with van der Waals surface area (Å²) >= 11 is 0. The Morgan fingerprint density at radius 3 is 2.94 bits per heavy atom. The maximum absolute atomic E-state index is 5.35. The van der Waals surface area contributed by atoms with E-state index in [0.717, 1.165) is 17.5 Å². The summed E-state index contributed by atoms with van der Waals surface area (Å²) in [5.41, 5.74) is 3.70. The highest BCUT2D eigenvalue weighted by molar-refractivity contribution is 5.52. The van der Waals surface area contributed by atoms with Gasteiger partial charge in [-0.05, 0) is 37.2 Å². The minimum absolute atomic E-state index is 0.659. The third-order valence-corrected chi connectivity index (χ3v) is 4.00. The van der Waals surface area contributed by atoms with Gasteiger partial charge in [0.1, 0.15) is 5.82 Å². The normalized spacial score (nSPS) is 31.7. The molecular weight excluding hydrogens is 200 g/mol. The van der Waals surface area contributed by atoms with Gasteiger partial charge in [-0.2, -0.15) is 0 Å². The van der Waals surface area contributed by atoms with E-state index in [-0.39, 0.29) is 0 Å². The van der Waals surface area contributed by atoms with Crippen LogP contribution in [0.1, 0.15) is 25.7 Å². The standard InChI is InChI=1S/C12H18N4/c13-16-12-7-10(3-4-14-12)15-11-6-8-1-2-9(11)5-8/h3-4,7-9,11H,1-2,5-6,13H2,(H2,14,15,16). The van der Waals surface area contributed by atoms with Gasteiger partial charge in [0.05, 0.1) is 0 Å². The summed E-state index contributed by atoms with van der Waals surface area (Å²) in [6.45, 7) is 0. The van der Waals surface area contributed by atoms with Crippen LogP contribution in [0.15, 0.2) is 18.3 Å². The highest BCUT2D eigenvalue weighted by Crippen LogP contribution is 2.45. The van der Waals surface area contributed by atoms with Crippen molar-refractivity contribution in [3.63, 3.8) is 0 Å². The van der Waals surface area contributed by atoms with Crippen molar-refractivity contribution in [3.8, 4) is 0 Å². The number of nitrogens with zero attached hydrogens (tertiary/aromatic N) is 1. The van der Waals surface area contributed by atoms with Crippen LogP contribution in [0.25, 0.3) is 0 Å². The fourth-order valence-electron chi connectivity index (χ4n) is 3.23. The van der Waals surface area contributed by atoms with Crippen LogP contribution in [-0.4, -0.2) is 11.0 Å². The summed E-state index contributed by atoms with van der Waals surface area (Å²) in [5, 5.41) is 3.61. The molecule has 3 atom stereocenters. The maximum atomic E-state index is 5.35. The van der Waals surface area contributed by atoms with E-state index >= 15 is 0 Å². The van der Waals surface area contributed by atoms with E-state index in [1.54, 1.807) is 6.20 Å². The molecule has 2 aliphatic carbocycles. The van der Waals surface area contributed by atoms with E-state index in [2.05, 4.69) is 15.7 Å². The Balaban J connectivity index is 1.69. The predicted octanol–water partition coefficient (Wildman–Crippen LogP) is 1.97. The molecular formula is C12H18N4. The van der Waals surface area contributed by atoms with Gasteiger partial charge in [-0.1, -0.05) is 6.42 Å². The number of fused-ring (bicyclic) bond motifs is 2. The van der Waals surface area contributed by atoms with E-state index in [4.69, 9.17) is 5.84 Å². The largest absolute Gasteiger partial charge is 0.382 e. The second kappa shape index (κ2) is 3.94. The monoisotopic (exact) mass is 218 g/mol. The summed E-state index contributed by atoms with van der Waals surface area (Å²) in [4.78, 5) is 4.10. The number of hydrogen-bond acceptors (Lipinski definition) is 4. The molecule has 0 saturated heterocycles. The van der Waals surface area contributed by atoms with Gasteiger partial charge in [-0.15, -0.1) is 0 Å². The minimum Gasteiger partial charge on any atom is -0.382 e. The molecule has 3 unspecified atom stereocenters. The number of anilines is 2. The number of hydrazine groups is 1. The Hall–Kier alpha value is -1.29. The number of nitrogens with two attached hydrogens (primary N) is 1. The van der Waals surface area contributed by atoms with Crippen molar-refractivity contribution in [3.05, 3.63) is 18.3 Å². The third-order valence-electron chi connectivity index (χ3n) is 4.00. The molecule has 3 rings (SSSR count). The molecule has 0 aromatic carbocycles. The summed E-state index contributed by atoms with van der Waals surface area (Å²) in [7, 11) is 0. The number of aromatic nitrogens is 1. The van der Waals surface area contributed by atoms with Gasteiger partial charge in [0, 0.05) is 24.0 Å². The Labute approximate surface area is 95.6 Å². The van der Waals surface area contributed by atoms with Crippen molar-refractivity contribution in [2.75, 3.05) is 10.7 Å². The molecule has 0 spiro atoms. The van der Waals surface area contributed by atoms with Gasteiger partial charge in [0.25, 0.3) is 0 Å². The van der Waals surface area contributed by atoms with Crippen LogP contribution < -0.4 is 16.6 Å². The highest BCUT2D eigenvalue weighted by Gasteiger charge is 2.39. The smallest absolute Gasteiger partial charge is 0.141 e. The second-order valence-electron chi connectivity index (χ2n) is 5.00. The van der Waals surface area contributed by atoms with Gasteiger partial charge in [0.2, 0.25) is 0 Å². The predicted molar refractivity (Wildman–Crippen MR) is 64.9 cm³/mol. The zero-order valence-electron chi connectivity index (χ0n) is 9.32. The fraction of sp³-hybridized carbons (Fsp3) is 0.583. The zero-order chi connectivity index (χ0) is 11.0. The number of nitrogen functional groups attached to an aromatic ring is 1. The summed E-state index contributed by atoms with van der Waals surface area (Å²) in [6.07, 6.45) is 7.37. The van der Waals surface area contributed by atoms with Crippen LogP contribution in [0.3, 0.4) is 0 Å². The molecule has 4 nitrogen and oxygen atoms in total. The lowest BCUT2D eigenvalue weighted by molar-refractivity contribution is 0.440. The fourth-order valence-corrected chi connectivity index (χ4v) is 3.23. The van der Waals surface area contributed by atoms with Gasteiger partial charge in [0.15, 0.2) is 0 Å². The van der Waals surface area contributed by atoms with Crippen LogP contribution in [0.5, 0.6) is 0 Å². The van der Waals surface area contributed by atoms with Crippen molar-refractivity contribution in [1.29, 1.82) is 0 Å². The number of rotatable bonds is 3. The van der Waals surface area contributed by atoms with Crippen molar-refractivity contribution in [2.45, 2.75) is 31.7 Å². The lowest BCUT2D eigenvalue weighted by Gasteiger charge is -2.24. The van der Waals surface area contributed by atoms with E-state index < -0.39 is 0 Å². The number of pyridine rings is 1. The summed E-state index contributed by atoms with van der Waals surface area (Å²) < 4.78 is 0. The lowest BCUT2D eigenvalue weighted by Crippen LogP contribution is -2.25. The molecule has 0 aliphatic heterocycles. The van der Waals surface area contributed by atoms with E-state index in [0.29, 0.717) is 11.9 Å². The average molecular weight is 218 g/mol. The van der Waals surface area contributed by atoms with Gasteiger partial charge < -0.3 is 10.7 Å². The van der Waals surface area contributed by atoms with Crippen molar-refractivity contribution >= 4 is 11.5 Å². The maximum Gasteiger partial charge on any atom is 0.141 e. The summed E-state index contributed by atoms with van der Waals surface area (Å²) in [5.74, 6) is 7.91. The van der Waals surface area contributed by atoms with Crippen LogP contribution in [0, 0.1) is 11.8 Å². The van der Waals surface area contributed by atoms with E-state index in [1.165, 1.54) is 25.7 Å². The second-order valence-corrected chi connectivity index (χ2v) is 5.00. The molecule has 4 N–H and O–H groups in total. The molecule has 2 aliphatic rings. The van der Waals surface area contributed by atoms with Crippen molar-refractivity contribution < 1.29 is 0 Å².